The number of ether oxygens (including phenoxy) is 1. The van der Waals surface area contributed by atoms with Crippen molar-refractivity contribution < 1.29 is 9.53 Å². The van der Waals surface area contributed by atoms with Gasteiger partial charge in [0.15, 0.2) is 0 Å². The topological polar surface area (TPSA) is 44.8 Å². The van der Waals surface area contributed by atoms with Crippen molar-refractivity contribution in [2.75, 3.05) is 49.5 Å². The van der Waals surface area contributed by atoms with Gasteiger partial charge in [-0.25, -0.2) is 0 Å². The fourth-order valence-corrected chi connectivity index (χ4v) is 3.48. The Kier molecular flexibility index (Phi) is 6.52. The number of piperazine rings is 1. The maximum Gasteiger partial charge on any atom is 0.238 e. The molecule has 0 atom stereocenters. The zero-order chi connectivity index (χ0) is 18.4. The van der Waals surface area contributed by atoms with Gasteiger partial charge >= 0.3 is 0 Å². The number of hydrogen-bond acceptors (Lipinski definition) is 4. The number of halogens is 1. The van der Waals surface area contributed by atoms with E-state index in [1.54, 1.807) is 0 Å². The normalized spacial score (nSPS) is 14.9. The summed E-state index contributed by atoms with van der Waals surface area (Å²) in [7, 11) is 0. The molecule has 1 saturated heterocycles. The van der Waals surface area contributed by atoms with Crippen molar-refractivity contribution in [1.82, 2.24) is 4.90 Å². The van der Waals surface area contributed by atoms with Crippen LogP contribution in [0.4, 0.5) is 11.4 Å². The first kappa shape index (κ1) is 18.7. The number of para-hydroxylation sites is 3. The third kappa shape index (κ3) is 4.77. The van der Waals surface area contributed by atoms with Crippen LogP contribution in [0.15, 0.2) is 53.0 Å². The van der Waals surface area contributed by atoms with E-state index in [0.717, 1.165) is 47.8 Å². The summed E-state index contributed by atoms with van der Waals surface area (Å²) in [5, 5.41) is 2.97. The van der Waals surface area contributed by atoms with E-state index in [0.29, 0.717) is 13.2 Å². The van der Waals surface area contributed by atoms with Gasteiger partial charge in [-0.05, 0) is 47.1 Å². The van der Waals surface area contributed by atoms with Crippen LogP contribution in [0.25, 0.3) is 0 Å². The lowest BCUT2D eigenvalue weighted by molar-refractivity contribution is -0.117. The molecule has 1 aliphatic heterocycles. The number of carbonyl (C=O) groups excluding carboxylic acids is 1. The second-order valence-corrected chi connectivity index (χ2v) is 7.05. The first-order valence-electron chi connectivity index (χ1n) is 8.91. The average Bonchev–Trinajstić information content (AvgIpc) is 2.65. The second-order valence-electron chi connectivity index (χ2n) is 6.19. The Labute approximate surface area is 163 Å². The summed E-state index contributed by atoms with van der Waals surface area (Å²) in [6, 6.07) is 15.8. The van der Waals surface area contributed by atoms with E-state index in [4.69, 9.17) is 4.74 Å². The Balaban J connectivity index is 1.53. The largest absolute Gasteiger partial charge is 0.492 e. The smallest absolute Gasteiger partial charge is 0.238 e. The molecule has 138 valence electrons. The van der Waals surface area contributed by atoms with E-state index in [-0.39, 0.29) is 5.91 Å². The Morgan fingerprint density at radius 3 is 2.50 bits per heavy atom. The van der Waals surface area contributed by atoms with Crippen LogP contribution in [0, 0.1) is 0 Å². The van der Waals surface area contributed by atoms with Gasteiger partial charge in [0.2, 0.25) is 5.91 Å². The first-order chi connectivity index (χ1) is 12.7. The lowest BCUT2D eigenvalue weighted by atomic mass is 10.2. The van der Waals surface area contributed by atoms with Crippen LogP contribution < -0.4 is 15.0 Å². The predicted molar refractivity (Wildman–Crippen MR) is 109 cm³/mol. The fourth-order valence-electron chi connectivity index (χ4n) is 3.10. The minimum atomic E-state index is 0.0140. The van der Waals surface area contributed by atoms with Crippen molar-refractivity contribution in [2.45, 2.75) is 6.92 Å². The molecule has 0 saturated carbocycles. The van der Waals surface area contributed by atoms with Crippen LogP contribution in [0.5, 0.6) is 5.75 Å². The Morgan fingerprint density at radius 2 is 1.77 bits per heavy atom. The van der Waals surface area contributed by atoms with E-state index in [1.165, 1.54) is 0 Å². The van der Waals surface area contributed by atoms with Gasteiger partial charge in [0.1, 0.15) is 5.75 Å². The van der Waals surface area contributed by atoms with Gasteiger partial charge in [0.05, 0.1) is 24.5 Å². The molecule has 5 nitrogen and oxygen atoms in total. The van der Waals surface area contributed by atoms with Crippen molar-refractivity contribution in [3.8, 4) is 5.75 Å². The maximum atomic E-state index is 12.3. The van der Waals surface area contributed by atoms with Gasteiger partial charge < -0.3 is 15.0 Å². The summed E-state index contributed by atoms with van der Waals surface area (Å²) in [4.78, 5) is 16.8. The van der Waals surface area contributed by atoms with Crippen molar-refractivity contribution >= 4 is 33.2 Å². The molecule has 26 heavy (non-hydrogen) atoms. The molecule has 0 aromatic heterocycles. The summed E-state index contributed by atoms with van der Waals surface area (Å²) in [6.07, 6.45) is 0. The molecule has 0 bridgehead atoms. The van der Waals surface area contributed by atoms with E-state index < -0.39 is 0 Å². The number of carbonyl (C=O) groups is 1. The number of hydrogen-bond donors (Lipinski definition) is 1. The number of nitrogens with one attached hydrogen (secondary N) is 1. The highest BCUT2D eigenvalue weighted by Crippen LogP contribution is 2.28. The Morgan fingerprint density at radius 1 is 1.08 bits per heavy atom. The molecular formula is C20H24BrN3O2. The molecule has 2 aromatic rings. The minimum absolute atomic E-state index is 0.0140. The zero-order valence-corrected chi connectivity index (χ0v) is 16.5. The number of rotatable bonds is 6. The predicted octanol–water partition coefficient (Wildman–Crippen LogP) is 3.61. The van der Waals surface area contributed by atoms with Gasteiger partial charge in [-0.15, -0.1) is 0 Å². The summed E-state index contributed by atoms with van der Waals surface area (Å²) in [5.74, 6) is 0.940. The third-order valence-electron chi connectivity index (χ3n) is 4.39. The molecular weight excluding hydrogens is 394 g/mol. The van der Waals surface area contributed by atoms with Crippen molar-refractivity contribution in [1.29, 1.82) is 0 Å². The average molecular weight is 418 g/mol. The summed E-state index contributed by atoms with van der Waals surface area (Å²) in [5.41, 5.74) is 1.94. The Hall–Kier alpha value is -2.05. The number of benzene rings is 2. The molecule has 1 amide bonds. The van der Waals surface area contributed by atoms with Gasteiger partial charge in [0.25, 0.3) is 0 Å². The molecule has 0 spiro atoms. The SMILES string of the molecule is CCOc1ccccc1N1CCN(CC(=O)Nc2ccccc2Br)CC1. The second kappa shape index (κ2) is 9.05. The molecule has 1 fully saturated rings. The molecule has 0 radical (unpaired) electrons. The molecule has 3 rings (SSSR count). The lowest BCUT2D eigenvalue weighted by Crippen LogP contribution is -2.48. The number of amides is 1. The van der Waals surface area contributed by atoms with Crippen molar-refractivity contribution in [3.63, 3.8) is 0 Å². The van der Waals surface area contributed by atoms with Crippen LogP contribution in [0.3, 0.4) is 0 Å². The summed E-state index contributed by atoms with van der Waals surface area (Å²) >= 11 is 3.46. The standard InChI is InChI=1S/C20H24BrN3O2/c1-2-26-19-10-6-5-9-18(19)24-13-11-23(12-14-24)15-20(25)22-17-8-4-3-7-16(17)21/h3-10H,2,11-15H2,1H3,(H,22,25). The van der Waals surface area contributed by atoms with E-state index in [2.05, 4.69) is 37.1 Å². The highest BCUT2D eigenvalue weighted by atomic mass is 79.9. The van der Waals surface area contributed by atoms with E-state index in [1.807, 2.05) is 49.4 Å². The highest BCUT2D eigenvalue weighted by Gasteiger charge is 2.21. The molecule has 0 aliphatic carbocycles. The molecule has 1 heterocycles. The summed E-state index contributed by atoms with van der Waals surface area (Å²) in [6.45, 7) is 6.53. The van der Waals surface area contributed by atoms with Crippen LogP contribution in [0.2, 0.25) is 0 Å². The van der Waals surface area contributed by atoms with Crippen LogP contribution in [-0.4, -0.2) is 50.1 Å². The van der Waals surface area contributed by atoms with Gasteiger partial charge in [-0.1, -0.05) is 24.3 Å². The number of nitrogens with zero attached hydrogens (tertiary/aromatic N) is 2. The van der Waals surface area contributed by atoms with Crippen LogP contribution in [0.1, 0.15) is 6.92 Å². The highest BCUT2D eigenvalue weighted by molar-refractivity contribution is 9.10. The third-order valence-corrected chi connectivity index (χ3v) is 5.08. The van der Waals surface area contributed by atoms with E-state index >= 15 is 0 Å². The number of anilines is 2. The molecule has 1 N–H and O–H groups in total. The Bertz CT molecular complexity index is 745. The minimum Gasteiger partial charge on any atom is -0.492 e. The lowest BCUT2D eigenvalue weighted by Gasteiger charge is -2.36. The summed E-state index contributed by atoms with van der Waals surface area (Å²) < 4.78 is 6.63. The first-order valence-corrected chi connectivity index (χ1v) is 9.70. The van der Waals surface area contributed by atoms with Crippen molar-refractivity contribution in [2.24, 2.45) is 0 Å². The van der Waals surface area contributed by atoms with Crippen LogP contribution in [-0.2, 0) is 4.79 Å². The van der Waals surface area contributed by atoms with Gasteiger partial charge in [-0.3, -0.25) is 9.69 Å². The van der Waals surface area contributed by atoms with Gasteiger partial charge in [0, 0.05) is 30.7 Å². The molecule has 1 aliphatic rings. The fraction of sp³-hybridized carbons (Fsp3) is 0.350. The molecule has 6 heteroatoms. The molecule has 0 unspecified atom stereocenters. The maximum absolute atomic E-state index is 12.3. The van der Waals surface area contributed by atoms with Crippen LogP contribution >= 0.6 is 15.9 Å². The monoisotopic (exact) mass is 417 g/mol. The van der Waals surface area contributed by atoms with Gasteiger partial charge in [-0.2, -0.15) is 0 Å². The zero-order valence-electron chi connectivity index (χ0n) is 15.0. The van der Waals surface area contributed by atoms with E-state index in [9.17, 15) is 4.79 Å². The quantitative estimate of drug-likeness (QED) is 0.779. The van der Waals surface area contributed by atoms with Crippen molar-refractivity contribution in [3.05, 3.63) is 53.0 Å². The molecule has 2 aromatic carbocycles.